The number of nitrogens with one attached hydrogen (secondary N) is 1. The second kappa shape index (κ2) is 10.8. The standard InChI is InChI=1S/C24H32Cl2N4O3/c1-14(2)11-15(3)24(33)27-13-21(32)30-9-7-16(8-10-30)19-12-18(28-29(19)4)17-5-6-20(31)23(26)22(17)25/h5-6,12,14-16,31H,7-11,13H2,1-4H3,(H,27,33)/t15-/m1/s1. The Morgan fingerprint density at radius 3 is 2.48 bits per heavy atom. The molecule has 33 heavy (non-hydrogen) atoms. The normalized spacial score (nSPS) is 15.7. The lowest BCUT2D eigenvalue weighted by Crippen LogP contribution is -2.44. The van der Waals surface area contributed by atoms with E-state index in [0.717, 1.165) is 25.0 Å². The number of halogens is 2. The van der Waals surface area contributed by atoms with Gasteiger partial charge in [0.05, 0.1) is 17.3 Å². The molecule has 1 aromatic heterocycles. The summed E-state index contributed by atoms with van der Waals surface area (Å²) in [5, 5.41) is 17.5. The fourth-order valence-electron chi connectivity index (χ4n) is 4.42. The van der Waals surface area contributed by atoms with Gasteiger partial charge in [-0.2, -0.15) is 5.10 Å². The number of piperidine rings is 1. The molecule has 0 bridgehead atoms. The molecule has 0 radical (unpaired) electrons. The molecular weight excluding hydrogens is 463 g/mol. The predicted molar refractivity (Wildman–Crippen MR) is 131 cm³/mol. The molecular formula is C24H32Cl2N4O3. The quantitative estimate of drug-likeness (QED) is 0.588. The molecule has 2 heterocycles. The first kappa shape index (κ1) is 25.4. The molecule has 1 aromatic carbocycles. The Bertz CT molecular complexity index is 1010. The summed E-state index contributed by atoms with van der Waals surface area (Å²) in [5.74, 6) is 0.420. The van der Waals surface area contributed by atoms with Gasteiger partial charge in [-0.05, 0) is 43.4 Å². The maximum atomic E-state index is 12.6. The van der Waals surface area contributed by atoms with Crippen molar-refractivity contribution in [2.24, 2.45) is 18.9 Å². The maximum Gasteiger partial charge on any atom is 0.241 e. The fraction of sp³-hybridized carbons (Fsp3) is 0.542. The minimum absolute atomic E-state index is 0.0436. The lowest BCUT2D eigenvalue weighted by atomic mass is 9.92. The molecule has 2 N–H and O–H groups in total. The first-order valence-electron chi connectivity index (χ1n) is 11.3. The van der Waals surface area contributed by atoms with Gasteiger partial charge in [-0.1, -0.05) is 44.0 Å². The Morgan fingerprint density at radius 2 is 1.85 bits per heavy atom. The number of nitrogens with zero attached hydrogens (tertiary/aromatic N) is 3. The molecule has 9 heteroatoms. The summed E-state index contributed by atoms with van der Waals surface area (Å²) < 4.78 is 1.84. The molecule has 2 aromatic rings. The number of aromatic hydroxyl groups is 1. The lowest BCUT2D eigenvalue weighted by molar-refractivity contribution is -0.134. The molecule has 7 nitrogen and oxygen atoms in total. The molecule has 1 aliphatic heterocycles. The van der Waals surface area contributed by atoms with Crippen molar-refractivity contribution in [3.8, 4) is 17.0 Å². The van der Waals surface area contributed by atoms with Crippen LogP contribution in [-0.4, -0.2) is 51.2 Å². The van der Waals surface area contributed by atoms with Gasteiger partial charge >= 0.3 is 0 Å². The van der Waals surface area contributed by atoms with Crippen LogP contribution in [0.5, 0.6) is 5.75 Å². The molecule has 2 amide bonds. The number of benzene rings is 1. The summed E-state index contributed by atoms with van der Waals surface area (Å²) in [6, 6.07) is 5.20. The van der Waals surface area contributed by atoms with Gasteiger partial charge in [0, 0.05) is 43.2 Å². The maximum absolute atomic E-state index is 12.6. The molecule has 0 aliphatic carbocycles. The highest BCUT2D eigenvalue weighted by Gasteiger charge is 2.27. The van der Waals surface area contributed by atoms with E-state index < -0.39 is 0 Å². The number of carbonyl (C=O) groups is 2. The third kappa shape index (κ3) is 6.01. The fourth-order valence-corrected chi connectivity index (χ4v) is 4.84. The second-order valence-electron chi connectivity index (χ2n) is 9.24. The average molecular weight is 495 g/mol. The number of hydrogen-bond acceptors (Lipinski definition) is 4. The van der Waals surface area contributed by atoms with Gasteiger partial charge in [0.25, 0.3) is 0 Å². The highest BCUT2D eigenvalue weighted by atomic mass is 35.5. The Morgan fingerprint density at radius 1 is 1.18 bits per heavy atom. The van der Waals surface area contributed by atoms with Gasteiger partial charge in [-0.25, -0.2) is 0 Å². The van der Waals surface area contributed by atoms with Crippen molar-refractivity contribution in [1.29, 1.82) is 0 Å². The molecule has 3 rings (SSSR count). The summed E-state index contributed by atoms with van der Waals surface area (Å²) in [5.41, 5.74) is 2.42. The van der Waals surface area contributed by atoms with Crippen molar-refractivity contribution in [1.82, 2.24) is 20.0 Å². The minimum atomic E-state index is -0.0976. The first-order chi connectivity index (χ1) is 15.6. The summed E-state index contributed by atoms with van der Waals surface area (Å²) in [4.78, 5) is 26.6. The number of phenols is 1. The zero-order valence-electron chi connectivity index (χ0n) is 19.6. The number of hydrogen-bond donors (Lipinski definition) is 2. The molecule has 0 spiro atoms. The highest BCUT2D eigenvalue weighted by Crippen LogP contribution is 2.39. The smallest absolute Gasteiger partial charge is 0.241 e. The number of aromatic nitrogens is 2. The third-order valence-electron chi connectivity index (χ3n) is 6.21. The average Bonchev–Trinajstić information content (AvgIpc) is 3.16. The van der Waals surface area contributed by atoms with E-state index in [9.17, 15) is 14.7 Å². The van der Waals surface area contributed by atoms with E-state index in [-0.39, 0.29) is 46.0 Å². The number of rotatable bonds is 7. The first-order valence-corrected chi connectivity index (χ1v) is 12.1. The second-order valence-corrected chi connectivity index (χ2v) is 10.00. The van der Waals surface area contributed by atoms with Crippen molar-refractivity contribution in [3.63, 3.8) is 0 Å². The van der Waals surface area contributed by atoms with Crippen LogP contribution in [0.3, 0.4) is 0 Å². The van der Waals surface area contributed by atoms with Crippen LogP contribution < -0.4 is 5.32 Å². The largest absolute Gasteiger partial charge is 0.506 e. The molecule has 1 fully saturated rings. The van der Waals surface area contributed by atoms with Crippen LogP contribution in [0.4, 0.5) is 0 Å². The molecule has 0 saturated carbocycles. The van der Waals surface area contributed by atoms with Crippen molar-refractivity contribution in [3.05, 3.63) is 33.9 Å². The van der Waals surface area contributed by atoms with E-state index >= 15 is 0 Å². The molecule has 1 aliphatic rings. The number of likely N-dealkylation sites (tertiary alicyclic amines) is 1. The molecule has 1 saturated heterocycles. The molecule has 0 unspecified atom stereocenters. The van der Waals surface area contributed by atoms with Gasteiger partial charge in [-0.15, -0.1) is 0 Å². The van der Waals surface area contributed by atoms with Gasteiger partial charge in [0.15, 0.2) is 0 Å². The van der Waals surface area contributed by atoms with E-state index in [4.69, 9.17) is 23.2 Å². The SMILES string of the molecule is CC(C)C[C@@H](C)C(=O)NCC(=O)N1CCC(c2cc(-c3ccc(O)c(Cl)c3Cl)nn2C)CC1. The van der Waals surface area contributed by atoms with Gasteiger partial charge in [0.1, 0.15) is 10.8 Å². The minimum Gasteiger partial charge on any atom is -0.506 e. The van der Waals surface area contributed by atoms with E-state index in [1.807, 2.05) is 29.6 Å². The summed E-state index contributed by atoms with van der Waals surface area (Å²) >= 11 is 12.4. The Labute approximate surface area is 205 Å². The van der Waals surface area contributed by atoms with E-state index in [2.05, 4.69) is 24.3 Å². The van der Waals surface area contributed by atoms with Crippen LogP contribution in [0.1, 0.15) is 51.6 Å². The van der Waals surface area contributed by atoms with Crippen molar-refractivity contribution in [2.45, 2.75) is 46.0 Å². The van der Waals surface area contributed by atoms with Crippen molar-refractivity contribution >= 4 is 35.0 Å². The van der Waals surface area contributed by atoms with Crippen LogP contribution in [0.25, 0.3) is 11.3 Å². The number of amides is 2. The lowest BCUT2D eigenvalue weighted by Gasteiger charge is -2.32. The number of aryl methyl sites for hydroxylation is 1. The Balaban J connectivity index is 1.58. The summed E-state index contributed by atoms with van der Waals surface area (Å²) in [7, 11) is 1.89. The highest BCUT2D eigenvalue weighted by molar-refractivity contribution is 6.44. The van der Waals surface area contributed by atoms with Crippen molar-refractivity contribution < 1.29 is 14.7 Å². The van der Waals surface area contributed by atoms with Crippen LogP contribution in [-0.2, 0) is 16.6 Å². The molecule has 180 valence electrons. The van der Waals surface area contributed by atoms with Gasteiger partial charge in [0.2, 0.25) is 11.8 Å². The van der Waals surface area contributed by atoms with Crippen LogP contribution in [0.2, 0.25) is 10.0 Å². The zero-order valence-corrected chi connectivity index (χ0v) is 21.1. The molecule has 1 atom stereocenters. The van der Waals surface area contributed by atoms with Crippen LogP contribution in [0.15, 0.2) is 18.2 Å². The Hall–Kier alpha value is -2.25. The number of phenolic OH excluding ortho intramolecular Hbond substituents is 1. The zero-order chi connectivity index (χ0) is 24.3. The Kier molecular flexibility index (Phi) is 8.29. The van der Waals surface area contributed by atoms with E-state index in [1.54, 1.807) is 6.07 Å². The van der Waals surface area contributed by atoms with Crippen LogP contribution >= 0.6 is 23.2 Å². The van der Waals surface area contributed by atoms with Gasteiger partial charge in [-0.3, -0.25) is 14.3 Å². The topological polar surface area (TPSA) is 87.5 Å². The van der Waals surface area contributed by atoms with Crippen molar-refractivity contribution in [2.75, 3.05) is 19.6 Å². The van der Waals surface area contributed by atoms with E-state index in [1.165, 1.54) is 6.07 Å². The van der Waals surface area contributed by atoms with E-state index in [0.29, 0.717) is 30.3 Å². The number of carbonyl (C=O) groups excluding carboxylic acids is 2. The predicted octanol–water partition coefficient (Wildman–Crippen LogP) is 4.60. The summed E-state index contributed by atoms with van der Waals surface area (Å²) in [6.45, 7) is 7.37. The monoisotopic (exact) mass is 494 g/mol. The van der Waals surface area contributed by atoms with Gasteiger partial charge < -0.3 is 15.3 Å². The third-order valence-corrected chi connectivity index (χ3v) is 7.08. The summed E-state index contributed by atoms with van der Waals surface area (Å²) in [6.07, 6.45) is 2.43. The van der Waals surface area contributed by atoms with Crippen LogP contribution in [0, 0.1) is 11.8 Å².